The van der Waals surface area contributed by atoms with Crippen LogP contribution in [0.2, 0.25) is 0 Å². The summed E-state index contributed by atoms with van der Waals surface area (Å²) < 4.78 is 102. The lowest BCUT2D eigenvalue weighted by Gasteiger charge is -2.29. The van der Waals surface area contributed by atoms with E-state index in [-0.39, 0.29) is 23.3 Å². The largest absolute Gasteiger partial charge is 0.433 e. The van der Waals surface area contributed by atoms with Crippen LogP contribution < -0.4 is 5.32 Å². The Labute approximate surface area is 186 Å². The molecule has 0 unspecified atom stereocenters. The van der Waals surface area contributed by atoms with Crippen LogP contribution in [0.1, 0.15) is 47.3 Å². The van der Waals surface area contributed by atoms with Crippen molar-refractivity contribution < 1.29 is 39.6 Å². The Kier molecular flexibility index (Phi) is 7.06. The van der Waals surface area contributed by atoms with Crippen molar-refractivity contribution in [2.75, 3.05) is 5.75 Å². The minimum Gasteiger partial charge on any atom is -0.349 e. The summed E-state index contributed by atoms with van der Waals surface area (Å²) >= 11 is 0. The molecule has 1 saturated carbocycles. The molecule has 1 N–H and O–H groups in total. The number of nitrogens with zero attached hydrogens (tertiary/aromatic N) is 1. The number of nitrogens with one attached hydrogen (secondary N) is 1. The average Bonchev–Trinajstić information content (AvgIpc) is 2.74. The minimum absolute atomic E-state index is 0.188. The molecule has 1 aromatic heterocycles. The summed E-state index contributed by atoms with van der Waals surface area (Å²) in [5.74, 6) is -1.33. The summed E-state index contributed by atoms with van der Waals surface area (Å²) in [6.07, 6.45) is -6.86. The van der Waals surface area contributed by atoms with Crippen LogP contribution in [-0.4, -0.2) is 31.1 Å². The Bertz CT molecular complexity index is 1110. The van der Waals surface area contributed by atoms with Crippen LogP contribution in [0, 0.1) is 5.92 Å². The van der Waals surface area contributed by atoms with Crippen molar-refractivity contribution in [1.29, 1.82) is 0 Å². The summed E-state index contributed by atoms with van der Waals surface area (Å²) in [6, 6.07) is 5.05. The number of amides is 1. The lowest BCUT2D eigenvalue weighted by molar-refractivity contribution is -0.141. The smallest absolute Gasteiger partial charge is 0.349 e. The number of halogens is 6. The third-order valence-electron chi connectivity index (χ3n) is 5.47. The van der Waals surface area contributed by atoms with E-state index in [0.29, 0.717) is 37.8 Å². The summed E-state index contributed by atoms with van der Waals surface area (Å²) in [6.45, 7) is 0. The van der Waals surface area contributed by atoms with E-state index in [2.05, 4.69) is 10.3 Å². The maximum absolute atomic E-state index is 12.9. The highest BCUT2D eigenvalue weighted by atomic mass is 32.2. The van der Waals surface area contributed by atoms with Crippen LogP contribution in [-0.2, 0) is 22.2 Å². The van der Waals surface area contributed by atoms with Gasteiger partial charge in [0.25, 0.3) is 5.91 Å². The zero-order valence-corrected chi connectivity index (χ0v) is 17.9. The Morgan fingerprint density at radius 1 is 0.970 bits per heavy atom. The molecule has 1 aromatic carbocycles. The van der Waals surface area contributed by atoms with Crippen LogP contribution in [0.5, 0.6) is 0 Å². The summed E-state index contributed by atoms with van der Waals surface area (Å²) in [5, 5.41) is 2.64. The second-order valence-corrected chi connectivity index (χ2v) is 9.96. The number of sulfone groups is 1. The molecular formula is C21H20F6N2O3S. The molecule has 1 fully saturated rings. The van der Waals surface area contributed by atoms with Crippen LogP contribution in [0.4, 0.5) is 26.3 Å². The van der Waals surface area contributed by atoms with Crippen LogP contribution in [0.25, 0.3) is 0 Å². The molecule has 1 heterocycles. The van der Waals surface area contributed by atoms with Gasteiger partial charge in [-0.2, -0.15) is 26.3 Å². The van der Waals surface area contributed by atoms with Crippen molar-refractivity contribution in [2.24, 2.45) is 5.92 Å². The van der Waals surface area contributed by atoms with E-state index in [1.54, 1.807) is 0 Å². The highest BCUT2D eigenvalue weighted by molar-refractivity contribution is 7.91. The number of aromatic nitrogens is 1. The summed E-state index contributed by atoms with van der Waals surface area (Å²) in [4.78, 5) is 15.1. The molecule has 3 rings (SSSR count). The number of rotatable bonds is 5. The summed E-state index contributed by atoms with van der Waals surface area (Å²) in [7, 11) is -3.95. The van der Waals surface area contributed by atoms with E-state index in [4.69, 9.17) is 0 Å². The number of pyridine rings is 1. The molecule has 1 amide bonds. The van der Waals surface area contributed by atoms with E-state index in [9.17, 15) is 39.6 Å². The van der Waals surface area contributed by atoms with Crippen molar-refractivity contribution in [1.82, 2.24) is 10.3 Å². The number of hydrogen-bond acceptors (Lipinski definition) is 4. The number of hydrogen-bond donors (Lipinski definition) is 1. The molecule has 0 atom stereocenters. The van der Waals surface area contributed by atoms with Gasteiger partial charge < -0.3 is 5.32 Å². The highest BCUT2D eigenvalue weighted by Gasteiger charge is 2.34. The number of carbonyl (C=O) groups excluding carboxylic acids is 1. The van der Waals surface area contributed by atoms with Crippen LogP contribution >= 0.6 is 0 Å². The maximum Gasteiger partial charge on any atom is 0.433 e. The third kappa shape index (κ3) is 6.46. The minimum atomic E-state index is -4.68. The Morgan fingerprint density at radius 3 is 2.24 bits per heavy atom. The van der Waals surface area contributed by atoms with Gasteiger partial charge >= 0.3 is 12.4 Å². The molecular weight excluding hydrogens is 474 g/mol. The fraction of sp³-hybridized carbons (Fsp3) is 0.429. The van der Waals surface area contributed by atoms with Gasteiger partial charge in [-0.25, -0.2) is 8.42 Å². The first-order valence-electron chi connectivity index (χ1n) is 10.00. The van der Waals surface area contributed by atoms with E-state index < -0.39 is 44.2 Å². The average molecular weight is 494 g/mol. The predicted octanol–water partition coefficient (Wildman–Crippen LogP) is 4.88. The Hall–Kier alpha value is -2.63. The van der Waals surface area contributed by atoms with Crippen LogP contribution in [0.3, 0.4) is 0 Å². The molecule has 2 aromatic rings. The van der Waals surface area contributed by atoms with Crippen molar-refractivity contribution in [3.8, 4) is 0 Å². The van der Waals surface area contributed by atoms with Gasteiger partial charge in [0.05, 0.1) is 16.2 Å². The van der Waals surface area contributed by atoms with E-state index in [1.165, 1.54) is 0 Å². The van der Waals surface area contributed by atoms with Crippen molar-refractivity contribution in [3.63, 3.8) is 0 Å². The number of benzene rings is 1. The predicted molar refractivity (Wildman–Crippen MR) is 106 cm³/mol. The van der Waals surface area contributed by atoms with Gasteiger partial charge in [-0.15, -0.1) is 0 Å². The monoisotopic (exact) mass is 494 g/mol. The molecule has 1 aliphatic carbocycles. The second kappa shape index (κ2) is 9.32. The fourth-order valence-corrected chi connectivity index (χ4v) is 5.48. The highest BCUT2D eigenvalue weighted by Crippen LogP contribution is 2.33. The second-order valence-electron chi connectivity index (χ2n) is 7.93. The van der Waals surface area contributed by atoms with Gasteiger partial charge in [0.2, 0.25) is 0 Å². The fourth-order valence-electron chi connectivity index (χ4n) is 3.74. The standard InChI is InChI=1S/C21H20F6N2O3S/c22-20(23,24)15-2-1-3-17(11-15)33(31,32)12-13-4-6-16(7-5-13)29-19(30)14-8-9-28-18(10-14)21(25,26)27/h1-3,8-11,13,16H,4-7,12H2,(H,29,30). The molecule has 12 heteroatoms. The first-order chi connectivity index (χ1) is 15.3. The van der Waals surface area contributed by atoms with Gasteiger partial charge in [-0.3, -0.25) is 9.78 Å². The normalized spacial score (nSPS) is 19.8. The van der Waals surface area contributed by atoms with Gasteiger partial charge in [-0.05, 0) is 61.9 Å². The Balaban J connectivity index is 1.58. The third-order valence-corrected chi connectivity index (χ3v) is 7.35. The van der Waals surface area contributed by atoms with E-state index in [1.807, 2.05) is 0 Å². The van der Waals surface area contributed by atoms with Crippen molar-refractivity contribution in [2.45, 2.75) is 49.0 Å². The number of alkyl halides is 6. The van der Waals surface area contributed by atoms with Crippen molar-refractivity contribution >= 4 is 15.7 Å². The maximum atomic E-state index is 12.9. The zero-order chi connectivity index (χ0) is 24.4. The van der Waals surface area contributed by atoms with Crippen molar-refractivity contribution in [3.05, 3.63) is 59.4 Å². The number of carbonyl (C=O) groups is 1. The first-order valence-corrected chi connectivity index (χ1v) is 11.6. The topological polar surface area (TPSA) is 76.1 Å². The molecule has 0 spiro atoms. The first kappa shape index (κ1) is 25.0. The summed E-state index contributed by atoms with van der Waals surface area (Å²) in [5.41, 5.74) is -2.41. The van der Waals surface area contributed by atoms with Gasteiger partial charge in [0, 0.05) is 17.8 Å². The van der Waals surface area contributed by atoms with Crippen LogP contribution in [0.15, 0.2) is 47.5 Å². The van der Waals surface area contributed by atoms with Gasteiger partial charge in [0.15, 0.2) is 9.84 Å². The zero-order valence-electron chi connectivity index (χ0n) is 17.1. The van der Waals surface area contributed by atoms with Gasteiger partial charge in [0.1, 0.15) is 5.69 Å². The molecule has 1 aliphatic rings. The van der Waals surface area contributed by atoms with Gasteiger partial charge in [-0.1, -0.05) is 6.07 Å². The Morgan fingerprint density at radius 2 is 1.64 bits per heavy atom. The molecule has 0 aliphatic heterocycles. The van der Waals surface area contributed by atoms with E-state index >= 15 is 0 Å². The lowest BCUT2D eigenvalue weighted by atomic mass is 9.87. The molecule has 180 valence electrons. The molecule has 0 bridgehead atoms. The quantitative estimate of drug-likeness (QED) is 0.601. The SMILES string of the molecule is O=C(NC1CCC(CS(=O)(=O)c2cccc(C(F)(F)F)c2)CC1)c1ccnc(C(F)(F)F)c1. The lowest BCUT2D eigenvalue weighted by Crippen LogP contribution is -2.38. The molecule has 0 saturated heterocycles. The molecule has 5 nitrogen and oxygen atoms in total. The molecule has 33 heavy (non-hydrogen) atoms. The van der Waals surface area contributed by atoms with E-state index in [0.717, 1.165) is 30.5 Å². The molecule has 0 radical (unpaired) electrons.